The molecule has 2 aromatic carbocycles. The molecule has 4 heteroatoms. The lowest BCUT2D eigenvalue weighted by Crippen LogP contribution is -2.68. The molecule has 0 aromatic heterocycles. The van der Waals surface area contributed by atoms with Crippen molar-refractivity contribution in [1.82, 2.24) is 4.90 Å². The number of aryl methyl sites for hydroxylation is 1. The van der Waals surface area contributed by atoms with Crippen molar-refractivity contribution < 1.29 is 9.59 Å². The summed E-state index contributed by atoms with van der Waals surface area (Å²) >= 11 is 0. The summed E-state index contributed by atoms with van der Waals surface area (Å²) in [4.78, 5) is 28.4. The van der Waals surface area contributed by atoms with Gasteiger partial charge >= 0.3 is 0 Å². The maximum atomic E-state index is 13.4. The summed E-state index contributed by atoms with van der Waals surface area (Å²) in [6, 6.07) is 16.0. The van der Waals surface area contributed by atoms with Crippen LogP contribution in [0.5, 0.6) is 0 Å². The van der Waals surface area contributed by atoms with E-state index in [2.05, 4.69) is 11.4 Å². The highest BCUT2D eigenvalue weighted by molar-refractivity contribution is 6.03. The third kappa shape index (κ3) is 3.35. The Bertz CT molecular complexity index is 935. The number of amides is 2. The molecule has 1 aliphatic heterocycles. The summed E-state index contributed by atoms with van der Waals surface area (Å²) in [6.45, 7) is 6.38. The first-order valence-corrected chi connectivity index (χ1v) is 10.6. The van der Waals surface area contributed by atoms with Crippen LogP contribution in [0.15, 0.2) is 48.5 Å². The maximum absolute atomic E-state index is 13.4. The number of nitrogens with zero attached hydrogens (tertiary/aromatic N) is 1. The highest BCUT2D eigenvalue weighted by atomic mass is 16.2. The quantitative estimate of drug-likeness (QED) is 0.837. The maximum Gasteiger partial charge on any atom is 0.250 e. The summed E-state index contributed by atoms with van der Waals surface area (Å²) in [7, 11) is 0. The van der Waals surface area contributed by atoms with E-state index >= 15 is 0 Å². The molecule has 2 aliphatic rings. The van der Waals surface area contributed by atoms with Crippen LogP contribution < -0.4 is 5.32 Å². The number of hydrogen-bond donors (Lipinski definition) is 1. The zero-order valence-electron chi connectivity index (χ0n) is 17.6. The fourth-order valence-corrected chi connectivity index (χ4v) is 4.59. The lowest BCUT2D eigenvalue weighted by Gasteiger charge is -2.51. The Balaban J connectivity index is 1.54. The van der Waals surface area contributed by atoms with Crippen LogP contribution in [0.2, 0.25) is 0 Å². The van der Waals surface area contributed by atoms with Gasteiger partial charge < -0.3 is 10.2 Å². The standard InChI is InChI=1S/C25H30N2O2/c1-24(2,19-12-5-4-6-13-19)23(29)27-17-16-25(27,3)22(28)26-21-15-9-11-18-10-7-8-14-20(18)21/h4-6,9,11-13,15H,7-8,10,14,16-17H2,1-3H3,(H,26,28). The second kappa shape index (κ2) is 7.33. The second-order valence-electron chi connectivity index (χ2n) is 9.08. The fourth-order valence-electron chi connectivity index (χ4n) is 4.59. The minimum Gasteiger partial charge on any atom is -0.327 e. The van der Waals surface area contributed by atoms with E-state index < -0.39 is 11.0 Å². The summed E-state index contributed by atoms with van der Waals surface area (Å²) in [5.74, 6) is -0.0809. The average molecular weight is 391 g/mol. The van der Waals surface area contributed by atoms with Crippen LogP contribution in [0.25, 0.3) is 0 Å². The molecule has 0 radical (unpaired) electrons. The first-order chi connectivity index (χ1) is 13.8. The van der Waals surface area contributed by atoms with Gasteiger partial charge in [0.05, 0.1) is 5.41 Å². The minimum atomic E-state index is -0.805. The largest absolute Gasteiger partial charge is 0.327 e. The molecule has 29 heavy (non-hydrogen) atoms. The van der Waals surface area contributed by atoms with Gasteiger partial charge in [0.1, 0.15) is 5.54 Å². The Morgan fingerprint density at radius 3 is 2.41 bits per heavy atom. The molecule has 1 fully saturated rings. The van der Waals surface area contributed by atoms with Gasteiger partial charge in [-0.3, -0.25) is 9.59 Å². The Morgan fingerprint density at radius 2 is 1.72 bits per heavy atom. The predicted molar refractivity (Wildman–Crippen MR) is 116 cm³/mol. The van der Waals surface area contributed by atoms with E-state index in [1.54, 1.807) is 4.90 Å². The minimum absolute atomic E-state index is 0.00249. The Morgan fingerprint density at radius 1 is 1.00 bits per heavy atom. The molecule has 1 unspecified atom stereocenters. The van der Waals surface area contributed by atoms with E-state index in [-0.39, 0.29) is 11.8 Å². The van der Waals surface area contributed by atoms with Gasteiger partial charge in [-0.05, 0) is 75.6 Å². The number of nitrogens with one attached hydrogen (secondary N) is 1. The van der Waals surface area contributed by atoms with Gasteiger partial charge in [0.25, 0.3) is 0 Å². The molecule has 1 aliphatic carbocycles. The zero-order valence-corrected chi connectivity index (χ0v) is 17.6. The van der Waals surface area contributed by atoms with Crippen LogP contribution in [0, 0.1) is 0 Å². The molecule has 1 atom stereocenters. The van der Waals surface area contributed by atoms with Crippen molar-refractivity contribution in [3.8, 4) is 0 Å². The van der Waals surface area contributed by atoms with E-state index in [1.807, 2.05) is 63.2 Å². The van der Waals surface area contributed by atoms with E-state index in [0.717, 1.165) is 30.5 Å². The highest BCUT2D eigenvalue weighted by Crippen LogP contribution is 2.38. The molecule has 0 spiro atoms. The van der Waals surface area contributed by atoms with Crippen molar-refractivity contribution in [2.45, 2.75) is 63.8 Å². The van der Waals surface area contributed by atoms with Crippen molar-refractivity contribution in [2.24, 2.45) is 0 Å². The number of hydrogen-bond acceptors (Lipinski definition) is 2. The number of fused-ring (bicyclic) bond motifs is 1. The molecule has 1 N–H and O–H groups in total. The van der Waals surface area contributed by atoms with Crippen LogP contribution in [0.1, 0.15) is 56.7 Å². The van der Waals surface area contributed by atoms with Gasteiger partial charge in [-0.2, -0.15) is 0 Å². The monoisotopic (exact) mass is 390 g/mol. The molecule has 2 aromatic rings. The van der Waals surface area contributed by atoms with E-state index in [1.165, 1.54) is 17.5 Å². The Hall–Kier alpha value is -2.62. The lowest BCUT2D eigenvalue weighted by molar-refractivity contribution is -0.158. The third-order valence-electron chi connectivity index (χ3n) is 6.83. The van der Waals surface area contributed by atoms with Crippen molar-refractivity contribution in [3.63, 3.8) is 0 Å². The van der Waals surface area contributed by atoms with Crippen molar-refractivity contribution in [2.75, 3.05) is 11.9 Å². The third-order valence-corrected chi connectivity index (χ3v) is 6.83. The molecule has 0 saturated carbocycles. The van der Waals surface area contributed by atoms with Crippen LogP contribution in [-0.2, 0) is 27.8 Å². The summed E-state index contributed by atoms with van der Waals surface area (Å²) in [5, 5.41) is 3.16. The molecule has 152 valence electrons. The van der Waals surface area contributed by atoms with Gasteiger partial charge in [-0.25, -0.2) is 0 Å². The van der Waals surface area contributed by atoms with Crippen LogP contribution >= 0.6 is 0 Å². The molecule has 4 nitrogen and oxygen atoms in total. The van der Waals surface area contributed by atoms with E-state index in [0.29, 0.717) is 13.0 Å². The number of carbonyl (C=O) groups excluding carboxylic acids is 2. The smallest absolute Gasteiger partial charge is 0.250 e. The van der Waals surface area contributed by atoms with Crippen molar-refractivity contribution >= 4 is 17.5 Å². The van der Waals surface area contributed by atoms with Crippen LogP contribution in [0.3, 0.4) is 0 Å². The number of rotatable bonds is 4. The molecule has 2 amide bonds. The number of carbonyl (C=O) groups is 2. The predicted octanol–water partition coefficient (Wildman–Crippen LogP) is 4.47. The average Bonchev–Trinajstić information content (AvgIpc) is 2.73. The molecule has 4 rings (SSSR count). The second-order valence-corrected chi connectivity index (χ2v) is 9.08. The van der Waals surface area contributed by atoms with Gasteiger partial charge in [0.2, 0.25) is 11.8 Å². The zero-order chi connectivity index (χ0) is 20.6. The first kappa shape index (κ1) is 19.7. The number of benzene rings is 2. The van der Waals surface area contributed by atoms with Gasteiger partial charge in [-0.1, -0.05) is 42.5 Å². The molecule has 0 bridgehead atoms. The number of likely N-dealkylation sites (tertiary alicyclic amines) is 1. The topological polar surface area (TPSA) is 49.4 Å². The summed E-state index contributed by atoms with van der Waals surface area (Å²) in [6.07, 6.45) is 5.13. The summed E-state index contributed by atoms with van der Waals surface area (Å²) in [5.41, 5.74) is 3.01. The lowest BCUT2D eigenvalue weighted by atomic mass is 9.77. The Kier molecular flexibility index (Phi) is 4.97. The molecular weight excluding hydrogens is 360 g/mol. The highest BCUT2D eigenvalue weighted by Gasteiger charge is 2.52. The van der Waals surface area contributed by atoms with Gasteiger partial charge in [0, 0.05) is 12.2 Å². The molecular formula is C25H30N2O2. The van der Waals surface area contributed by atoms with E-state index in [4.69, 9.17) is 0 Å². The van der Waals surface area contributed by atoms with Crippen LogP contribution in [0.4, 0.5) is 5.69 Å². The molecule has 1 saturated heterocycles. The summed E-state index contributed by atoms with van der Waals surface area (Å²) < 4.78 is 0. The molecule has 1 heterocycles. The van der Waals surface area contributed by atoms with Crippen molar-refractivity contribution in [3.05, 3.63) is 65.2 Å². The van der Waals surface area contributed by atoms with E-state index in [9.17, 15) is 9.59 Å². The van der Waals surface area contributed by atoms with Crippen molar-refractivity contribution in [1.29, 1.82) is 0 Å². The number of anilines is 1. The Labute approximate surface area is 173 Å². The SMILES string of the molecule is CC(C)(C(=O)N1CCC1(C)C(=O)Nc1cccc2c1CCCC2)c1ccccc1. The van der Waals surface area contributed by atoms with Crippen LogP contribution in [-0.4, -0.2) is 28.8 Å². The fraction of sp³-hybridized carbons (Fsp3) is 0.440. The van der Waals surface area contributed by atoms with Gasteiger partial charge in [-0.15, -0.1) is 0 Å². The first-order valence-electron chi connectivity index (χ1n) is 10.6. The normalized spacial score (nSPS) is 21.1. The van der Waals surface area contributed by atoms with Gasteiger partial charge in [0.15, 0.2) is 0 Å².